The number of methoxy groups -OCH3 is 1. The van der Waals surface area contributed by atoms with E-state index in [-0.39, 0.29) is 17.7 Å². The zero-order valence-electron chi connectivity index (χ0n) is 18.4. The summed E-state index contributed by atoms with van der Waals surface area (Å²) in [6, 6.07) is 1.58. The number of esters is 3. The quantitative estimate of drug-likeness (QED) is 0.298. The van der Waals surface area contributed by atoms with Gasteiger partial charge in [0.1, 0.15) is 47.1 Å². The van der Waals surface area contributed by atoms with Crippen LogP contribution in [-0.4, -0.2) is 65.7 Å². The van der Waals surface area contributed by atoms with Crippen molar-refractivity contribution < 1.29 is 47.6 Å². The van der Waals surface area contributed by atoms with Crippen molar-refractivity contribution in [3.63, 3.8) is 0 Å². The van der Waals surface area contributed by atoms with E-state index in [4.69, 9.17) is 28.1 Å². The van der Waals surface area contributed by atoms with Crippen molar-refractivity contribution in [1.29, 1.82) is 0 Å². The molecule has 6 rings (SSSR count). The highest BCUT2D eigenvalue weighted by Crippen LogP contribution is 2.61. The molecule has 176 valence electrons. The van der Waals surface area contributed by atoms with Crippen LogP contribution in [0.4, 0.5) is 0 Å². The highest BCUT2D eigenvalue weighted by Gasteiger charge is 2.79. The molecule has 10 heteroatoms. The van der Waals surface area contributed by atoms with E-state index in [0.29, 0.717) is 17.8 Å². The molecular weight excluding hydrogens is 436 g/mol. The molecule has 5 aliphatic rings. The van der Waals surface area contributed by atoms with Crippen LogP contribution in [0.15, 0.2) is 22.6 Å². The van der Waals surface area contributed by atoms with Crippen LogP contribution in [0.3, 0.4) is 0 Å². The first-order valence-electron chi connectivity index (χ1n) is 10.9. The van der Waals surface area contributed by atoms with Crippen molar-refractivity contribution in [1.82, 2.24) is 0 Å². The standard InChI is InChI=1S/C23H24O10/c1-8-10-6-14(29-9(2)24)23-19(33-23)13(31-21(23)27)7-22(3)18(32-22)12-5-11(20(26)28-4)17(30-12)15(10)16(8)25/h5,10,13-16,18-19,25H,1,6-7H2,2-4H3. The summed E-state index contributed by atoms with van der Waals surface area (Å²) in [5.74, 6) is -2.14. The predicted octanol–water partition coefficient (Wildman–Crippen LogP) is 1.32. The average Bonchev–Trinajstić information content (AvgIpc) is 3.59. The Morgan fingerprint density at radius 1 is 1.30 bits per heavy atom. The Morgan fingerprint density at radius 3 is 2.73 bits per heavy atom. The van der Waals surface area contributed by atoms with Crippen molar-refractivity contribution in [3.8, 4) is 0 Å². The molecule has 9 atom stereocenters. The molecule has 1 N–H and O–H groups in total. The molecule has 4 fully saturated rings. The summed E-state index contributed by atoms with van der Waals surface area (Å²) >= 11 is 0. The third-order valence-corrected chi connectivity index (χ3v) is 7.72. The molecule has 1 aromatic heterocycles. The third-order valence-electron chi connectivity index (χ3n) is 7.72. The highest BCUT2D eigenvalue weighted by molar-refractivity contribution is 5.91. The third kappa shape index (κ3) is 2.68. The van der Waals surface area contributed by atoms with Crippen molar-refractivity contribution in [2.45, 2.75) is 74.3 Å². The van der Waals surface area contributed by atoms with Crippen LogP contribution in [0.2, 0.25) is 0 Å². The number of rotatable bonds is 2. The first-order chi connectivity index (χ1) is 15.6. The summed E-state index contributed by atoms with van der Waals surface area (Å²) in [6.45, 7) is 7.08. The average molecular weight is 460 g/mol. The summed E-state index contributed by atoms with van der Waals surface area (Å²) in [5.41, 5.74) is -1.41. The molecule has 3 saturated heterocycles. The van der Waals surface area contributed by atoms with E-state index in [9.17, 15) is 19.5 Å². The highest BCUT2D eigenvalue weighted by atomic mass is 16.7. The molecule has 9 unspecified atom stereocenters. The molecule has 0 aromatic carbocycles. The van der Waals surface area contributed by atoms with E-state index in [1.165, 1.54) is 14.0 Å². The Bertz CT molecular complexity index is 1100. The topological polar surface area (TPSA) is 137 Å². The van der Waals surface area contributed by atoms with E-state index in [2.05, 4.69) is 6.58 Å². The van der Waals surface area contributed by atoms with Crippen LogP contribution in [0.25, 0.3) is 0 Å². The number of epoxide rings is 2. The lowest BCUT2D eigenvalue weighted by atomic mass is 9.62. The second kappa shape index (κ2) is 6.46. The van der Waals surface area contributed by atoms with Crippen LogP contribution in [-0.2, 0) is 33.3 Å². The van der Waals surface area contributed by atoms with E-state index in [0.717, 1.165) is 0 Å². The number of fused-ring (bicyclic) bond motifs is 6. The Kier molecular flexibility index (Phi) is 4.09. The fraction of sp³-hybridized carbons (Fsp3) is 0.609. The van der Waals surface area contributed by atoms with Gasteiger partial charge in [-0.05, 0) is 30.9 Å². The number of aliphatic hydroxyl groups excluding tert-OH is 1. The van der Waals surface area contributed by atoms with Crippen LogP contribution in [0.5, 0.6) is 0 Å². The van der Waals surface area contributed by atoms with Crippen molar-refractivity contribution >= 4 is 17.9 Å². The summed E-state index contributed by atoms with van der Waals surface area (Å²) < 4.78 is 34.0. The van der Waals surface area contributed by atoms with Crippen molar-refractivity contribution in [2.24, 2.45) is 5.92 Å². The minimum Gasteiger partial charge on any atom is -0.465 e. The molecular formula is C23H24O10. The van der Waals surface area contributed by atoms with Gasteiger partial charge in [0.2, 0.25) is 5.60 Å². The normalized spacial score (nSPS) is 44.4. The molecule has 0 amide bonds. The van der Waals surface area contributed by atoms with Gasteiger partial charge in [-0.1, -0.05) is 6.58 Å². The van der Waals surface area contributed by atoms with Gasteiger partial charge in [-0.2, -0.15) is 0 Å². The van der Waals surface area contributed by atoms with E-state index in [1.54, 1.807) is 6.07 Å². The molecule has 1 aliphatic carbocycles. The van der Waals surface area contributed by atoms with Crippen LogP contribution < -0.4 is 0 Å². The number of hydrogen-bond donors (Lipinski definition) is 1. The second-order valence-corrected chi connectivity index (χ2v) is 9.69. The Labute approximate surface area is 188 Å². The number of hydrogen-bond acceptors (Lipinski definition) is 10. The summed E-state index contributed by atoms with van der Waals surface area (Å²) in [6.07, 6.45) is -3.05. The summed E-state index contributed by atoms with van der Waals surface area (Å²) in [7, 11) is 1.27. The lowest BCUT2D eigenvalue weighted by Gasteiger charge is -2.44. The number of carbonyl (C=O) groups excluding carboxylic acids is 3. The maximum absolute atomic E-state index is 12.9. The number of furan rings is 1. The van der Waals surface area contributed by atoms with Gasteiger partial charge in [-0.15, -0.1) is 0 Å². The van der Waals surface area contributed by atoms with Crippen molar-refractivity contribution in [3.05, 3.63) is 35.3 Å². The van der Waals surface area contributed by atoms with Gasteiger partial charge < -0.3 is 33.2 Å². The van der Waals surface area contributed by atoms with Gasteiger partial charge in [0.15, 0.2) is 0 Å². The molecule has 33 heavy (non-hydrogen) atoms. The number of aliphatic hydroxyl groups is 1. The molecule has 5 heterocycles. The van der Waals surface area contributed by atoms with Gasteiger partial charge in [0.25, 0.3) is 0 Å². The smallest absolute Gasteiger partial charge is 0.345 e. The van der Waals surface area contributed by atoms with E-state index < -0.39 is 71.5 Å². The van der Waals surface area contributed by atoms with E-state index >= 15 is 0 Å². The van der Waals surface area contributed by atoms with Gasteiger partial charge in [0.05, 0.1) is 19.1 Å². The molecule has 0 radical (unpaired) electrons. The van der Waals surface area contributed by atoms with Gasteiger partial charge >= 0.3 is 17.9 Å². The SMILES string of the molecule is C=C1C(O)C2c3oc(cc3C(=O)OC)C3OC3(C)CC3OC(=O)C4(OC34)C(OC(C)=O)CC12. The monoisotopic (exact) mass is 460 g/mol. The zero-order chi connectivity index (χ0) is 23.4. The number of carbonyl (C=O) groups is 3. The van der Waals surface area contributed by atoms with Gasteiger partial charge in [0, 0.05) is 13.3 Å². The Hall–Kier alpha value is -2.69. The van der Waals surface area contributed by atoms with E-state index in [1.807, 2.05) is 6.92 Å². The van der Waals surface area contributed by atoms with Gasteiger partial charge in [-0.3, -0.25) is 4.79 Å². The molecule has 1 saturated carbocycles. The van der Waals surface area contributed by atoms with Crippen LogP contribution in [0.1, 0.15) is 60.6 Å². The molecule has 1 aromatic rings. The van der Waals surface area contributed by atoms with Crippen LogP contribution >= 0.6 is 0 Å². The molecule has 4 bridgehead atoms. The minimum atomic E-state index is -1.39. The second-order valence-electron chi connectivity index (χ2n) is 9.69. The lowest BCUT2D eigenvalue weighted by molar-refractivity contribution is -0.166. The molecule has 4 aliphatic heterocycles. The number of ether oxygens (including phenoxy) is 5. The lowest BCUT2D eigenvalue weighted by Crippen LogP contribution is -2.48. The molecule has 10 nitrogen and oxygen atoms in total. The fourth-order valence-electron chi connectivity index (χ4n) is 5.89. The fourth-order valence-corrected chi connectivity index (χ4v) is 5.89. The van der Waals surface area contributed by atoms with Gasteiger partial charge in [-0.25, -0.2) is 9.59 Å². The molecule has 0 spiro atoms. The maximum atomic E-state index is 12.9. The summed E-state index contributed by atoms with van der Waals surface area (Å²) in [5, 5.41) is 10.8. The summed E-state index contributed by atoms with van der Waals surface area (Å²) in [4.78, 5) is 37.4. The minimum absolute atomic E-state index is 0.145. The largest absolute Gasteiger partial charge is 0.465 e. The maximum Gasteiger partial charge on any atom is 0.345 e. The Morgan fingerprint density at radius 2 is 2.06 bits per heavy atom. The predicted molar refractivity (Wildman–Crippen MR) is 106 cm³/mol. The zero-order valence-corrected chi connectivity index (χ0v) is 18.4. The first kappa shape index (κ1) is 20.9. The Balaban J connectivity index is 1.47. The van der Waals surface area contributed by atoms with Crippen molar-refractivity contribution in [2.75, 3.05) is 7.11 Å². The first-order valence-corrected chi connectivity index (χ1v) is 10.9. The van der Waals surface area contributed by atoms with Crippen LogP contribution in [0, 0.1) is 5.92 Å².